The van der Waals surface area contributed by atoms with Crippen molar-refractivity contribution in [3.8, 4) is 28.1 Å². The molecule has 242 valence electrons. The number of anilines is 1. The Hall–Kier alpha value is -4.58. The topological polar surface area (TPSA) is 123 Å². The van der Waals surface area contributed by atoms with Gasteiger partial charge in [0.05, 0.1) is 17.2 Å². The molecule has 1 aromatic heterocycles. The molecule has 0 amide bonds. The second-order valence-corrected chi connectivity index (χ2v) is 12.5. The van der Waals surface area contributed by atoms with Gasteiger partial charge >= 0.3 is 12.3 Å². The number of halogens is 6. The lowest BCUT2D eigenvalue weighted by Crippen LogP contribution is -3.09. The second kappa shape index (κ2) is 10.8. The highest BCUT2D eigenvalue weighted by atomic mass is 32.2. The maximum atomic E-state index is 15.1. The predicted octanol–water partition coefficient (Wildman–Crippen LogP) is 4.32. The van der Waals surface area contributed by atoms with Crippen LogP contribution in [0.25, 0.3) is 33.5 Å². The minimum Gasteiger partial charge on any atom is -0.461 e. The number of ether oxygens (including phenoxy) is 1. The van der Waals surface area contributed by atoms with Crippen LogP contribution in [0.1, 0.15) is 16.8 Å². The van der Waals surface area contributed by atoms with Crippen LogP contribution in [0, 0.1) is 5.82 Å². The van der Waals surface area contributed by atoms with E-state index in [-0.39, 0.29) is 27.8 Å². The SMILES string of the molecule is Cn1nc(C(F)(F)CO)c2c1-c1ccc(-c3cc(F)c(CO)c(S(C)(=O)=O)c3)cc1N1C(c3ccc(OC(F)(F)F)cc3)=C[N-][NH+]21. The van der Waals surface area contributed by atoms with Gasteiger partial charge in [0.1, 0.15) is 29.6 Å². The number of aromatic nitrogens is 2. The summed E-state index contributed by atoms with van der Waals surface area (Å²) in [7, 11) is -2.55. The average molecular weight is 668 g/mol. The van der Waals surface area contributed by atoms with Gasteiger partial charge < -0.3 is 20.4 Å². The van der Waals surface area contributed by atoms with Gasteiger partial charge in [0.15, 0.2) is 15.5 Å². The summed E-state index contributed by atoms with van der Waals surface area (Å²) in [6.07, 6.45) is -2.73. The molecule has 0 fully saturated rings. The largest absolute Gasteiger partial charge is 0.573 e. The van der Waals surface area contributed by atoms with Crippen LogP contribution in [0.5, 0.6) is 5.75 Å². The van der Waals surface area contributed by atoms with Crippen LogP contribution < -0.4 is 14.9 Å². The van der Waals surface area contributed by atoms with Crippen molar-refractivity contribution in [1.29, 1.82) is 0 Å². The normalized spacial score (nSPS) is 16.0. The zero-order chi connectivity index (χ0) is 33.3. The summed E-state index contributed by atoms with van der Waals surface area (Å²) in [6.45, 7) is -2.41. The van der Waals surface area contributed by atoms with E-state index in [1.54, 1.807) is 6.07 Å². The van der Waals surface area contributed by atoms with E-state index in [1.165, 1.54) is 53.3 Å². The van der Waals surface area contributed by atoms with Crippen molar-refractivity contribution < 1.29 is 54.8 Å². The number of alkyl halides is 5. The predicted molar refractivity (Wildman–Crippen MR) is 152 cm³/mol. The zero-order valence-corrected chi connectivity index (χ0v) is 24.6. The Morgan fingerprint density at radius 3 is 2.26 bits per heavy atom. The molecule has 3 aromatic carbocycles. The fourth-order valence-electron chi connectivity index (χ4n) is 5.54. The van der Waals surface area contributed by atoms with Gasteiger partial charge in [0, 0.05) is 30.0 Å². The summed E-state index contributed by atoms with van der Waals surface area (Å²) < 4.78 is 113. The van der Waals surface area contributed by atoms with E-state index >= 15 is 13.2 Å². The molecule has 0 spiro atoms. The van der Waals surface area contributed by atoms with Crippen LogP contribution in [-0.4, -0.2) is 47.6 Å². The van der Waals surface area contributed by atoms with E-state index in [1.807, 2.05) is 0 Å². The Morgan fingerprint density at radius 2 is 1.65 bits per heavy atom. The molecule has 3 heterocycles. The summed E-state index contributed by atoms with van der Waals surface area (Å²) >= 11 is 0. The van der Waals surface area contributed by atoms with Gasteiger partial charge in [-0.05, 0) is 59.7 Å². The van der Waals surface area contributed by atoms with Crippen LogP contribution >= 0.6 is 0 Å². The first-order valence-corrected chi connectivity index (χ1v) is 15.2. The van der Waals surface area contributed by atoms with Crippen molar-refractivity contribution in [3.63, 3.8) is 0 Å². The van der Waals surface area contributed by atoms with Crippen LogP contribution in [-0.2, 0) is 29.4 Å². The summed E-state index contributed by atoms with van der Waals surface area (Å²) in [5.41, 5.74) is 5.02. The quantitative estimate of drug-likeness (QED) is 0.251. The van der Waals surface area contributed by atoms with E-state index in [9.17, 15) is 31.8 Å². The molecule has 0 radical (unpaired) electrons. The Morgan fingerprint density at radius 1 is 0.978 bits per heavy atom. The Balaban J connectivity index is 1.55. The van der Waals surface area contributed by atoms with Crippen molar-refractivity contribution >= 4 is 26.9 Å². The fraction of sp³-hybridized carbons (Fsp3) is 0.207. The van der Waals surface area contributed by atoms with E-state index in [0.29, 0.717) is 22.4 Å². The molecule has 17 heteroatoms. The lowest BCUT2D eigenvalue weighted by Gasteiger charge is -2.39. The Bertz CT molecular complexity index is 2010. The number of nitrogens with zero attached hydrogens (tertiary/aromatic N) is 4. The first kappa shape index (κ1) is 31.4. The van der Waals surface area contributed by atoms with Gasteiger partial charge in [-0.2, -0.15) is 18.9 Å². The van der Waals surface area contributed by atoms with E-state index in [2.05, 4.69) is 15.3 Å². The maximum Gasteiger partial charge on any atom is 0.573 e. The van der Waals surface area contributed by atoms with Crippen LogP contribution in [0.15, 0.2) is 65.7 Å². The molecule has 10 nitrogen and oxygen atoms in total. The molecule has 46 heavy (non-hydrogen) atoms. The summed E-state index contributed by atoms with van der Waals surface area (Å²) in [5, 5.41) is 24.5. The Labute approximate surface area is 257 Å². The number of fused-ring (bicyclic) bond motifs is 6. The lowest BCUT2D eigenvalue weighted by molar-refractivity contribution is -0.787. The number of hydrogen-bond acceptors (Lipinski definition) is 7. The van der Waals surface area contributed by atoms with Crippen molar-refractivity contribution in [3.05, 3.63) is 88.9 Å². The van der Waals surface area contributed by atoms with Gasteiger partial charge in [0.25, 0.3) is 0 Å². The Kier molecular flexibility index (Phi) is 7.34. The molecule has 0 bridgehead atoms. The van der Waals surface area contributed by atoms with Crippen molar-refractivity contribution in [2.45, 2.75) is 23.8 Å². The average Bonchev–Trinajstić information content (AvgIpc) is 3.58. The first-order valence-electron chi connectivity index (χ1n) is 13.3. The number of benzene rings is 3. The van der Waals surface area contributed by atoms with Gasteiger partial charge in [0.2, 0.25) is 5.69 Å². The smallest absolute Gasteiger partial charge is 0.461 e. The molecule has 1 atom stereocenters. The highest BCUT2D eigenvalue weighted by Crippen LogP contribution is 2.47. The fourth-order valence-corrected chi connectivity index (χ4v) is 6.49. The van der Waals surface area contributed by atoms with Gasteiger partial charge in [-0.3, -0.25) is 4.68 Å². The molecule has 1 unspecified atom stereocenters. The summed E-state index contributed by atoms with van der Waals surface area (Å²) in [6, 6.07) is 11.6. The number of aryl methyl sites for hydroxylation is 1. The lowest BCUT2D eigenvalue weighted by atomic mass is 9.96. The maximum absolute atomic E-state index is 15.1. The molecule has 2 aliphatic heterocycles. The molecule has 6 rings (SSSR count). The number of hydrogen-bond donors (Lipinski definition) is 3. The van der Waals surface area contributed by atoms with E-state index < -0.39 is 63.1 Å². The number of aliphatic hydroxyl groups excluding tert-OH is 2. The third-order valence-electron chi connectivity index (χ3n) is 7.50. The third kappa shape index (κ3) is 5.24. The summed E-state index contributed by atoms with van der Waals surface area (Å²) in [5.74, 6) is -5.23. The highest BCUT2D eigenvalue weighted by molar-refractivity contribution is 7.90. The molecule has 2 aliphatic rings. The van der Waals surface area contributed by atoms with Crippen LogP contribution in [0.2, 0.25) is 0 Å². The minimum absolute atomic E-state index is 0.0277. The summed E-state index contributed by atoms with van der Waals surface area (Å²) in [4.78, 5) is -0.419. The third-order valence-corrected chi connectivity index (χ3v) is 8.66. The molecule has 4 aromatic rings. The highest BCUT2D eigenvalue weighted by Gasteiger charge is 2.47. The van der Waals surface area contributed by atoms with Gasteiger partial charge in [-0.25, -0.2) is 17.9 Å². The van der Waals surface area contributed by atoms with E-state index in [0.717, 1.165) is 24.5 Å². The van der Waals surface area contributed by atoms with Crippen molar-refractivity contribution in [2.75, 3.05) is 17.9 Å². The van der Waals surface area contributed by atoms with Gasteiger partial charge in [-0.1, -0.05) is 6.07 Å². The zero-order valence-electron chi connectivity index (χ0n) is 23.8. The second-order valence-electron chi connectivity index (χ2n) is 10.5. The molecular weight excluding hydrogens is 644 g/mol. The number of rotatable bonds is 7. The molecule has 0 saturated heterocycles. The molecular formula is C29H23F6N5O5S. The number of quaternary nitrogens is 1. The van der Waals surface area contributed by atoms with Crippen LogP contribution in [0.3, 0.4) is 0 Å². The number of sulfone groups is 1. The standard InChI is InChI=1S/C29H23F6N5O5S/c1-38-25-19-8-5-16(17-9-21(30)20(13-41)24(11-17)46(2,43)44)10-22(19)39-23(15-3-6-18(7-4-15)45-29(33,34)35)12-36-40(39)26(25)27(37-38)28(31,32)14-42/h3-12,40-42H,13-14H2,1-2H3. The van der Waals surface area contributed by atoms with Gasteiger partial charge in [-0.15, -0.1) is 19.4 Å². The number of nitrogens with one attached hydrogen (secondary N) is 1. The molecule has 0 aliphatic carbocycles. The van der Waals surface area contributed by atoms with Crippen LogP contribution in [0.4, 0.5) is 37.7 Å². The monoisotopic (exact) mass is 667 g/mol. The first-order chi connectivity index (χ1) is 21.5. The van der Waals surface area contributed by atoms with E-state index in [4.69, 9.17) is 0 Å². The van der Waals surface area contributed by atoms with Crippen molar-refractivity contribution in [2.24, 2.45) is 7.05 Å². The number of aliphatic hydroxyl groups is 2. The van der Waals surface area contributed by atoms with Crippen molar-refractivity contribution in [1.82, 2.24) is 9.78 Å². The molecule has 3 N–H and O–H groups in total. The minimum atomic E-state index is -4.93. The molecule has 0 saturated carbocycles.